The van der Waals surface area contributed by atoms with Gasteiger partial charge in [0.2, 0.25) is 10.0 Å². The normalized spacial score (nSPS) is 17.7. The van der Waals surface area contributed by atoms with E-state index in [4.69, 9.17) is 9.47 Å². The van der Waals surface area contributed by atoms with Gasteiger partial charge in [-0.1, -0.05) is 19.3 Å². The van der Waals surface area contributed by atoms with E-state index in [-0.39, 0.29) is 23.1 Å². The highest BCUT2D eigenvalue weighted by Gasteiger charge is 2.25. The highest BCUT2D eigenvalue weighted by Crippen LogP contribution is 2.29. The van der Waals surface area contributed by atoms with Crippen LogP contribution in [-0.2, 0) is 10.0 Å². The lowest BCUT2D eigenvalue weighted by atomic mass is 9.85. The van der Waals surface area contributed by atoms with E-state index in [9.17, 15) is 13.5 Å². The minimum Gasteiger partial charge on any atom is -0.497 e. The van der Waals surface area contributed by atoms with Crippen molar-refractivity contribution in [3.05, 3.63) is 18.2 Å². The molecule has 0 amide bonds. The highest BCUT2D eigenvalue weighted by atomic mass is 32.2. The van der Waals surface area contributed by atoms with Gasteiger partial charge in [0.25, 0.3) is 0 Å². The molecule has 1 aromatic carbocycles. The molecule has 1 atom stereocenters. The van der Waals surface area contributed by atoms with Gasteiger partial charge in [-0.15, -0.1) is 0 Å². The van der Waals surface area contributed by atoms with Crippen LogP contribution < -0.4 is 14.2 Å². The summed E-state index contributed by atoms with van der Waals surface area (Å²) in [6, 6.07) is 4.52. The molecular weight excluding hydrogens is 318 g/mol. The highest BCUT2D eigenvalue weighted by molar-refractivity contribution is 7.89. The lowest BCUT2D eigenvalue weighted by Crippen LogP contribution is -2.37. The molecule has 0 radical (unpaired) electrons. The smallest absolute Gasteiger partial charge is 0.244 e. The van der Waals surface area contributed by atoms with Crippen LogP contribution in [0.1, 0.15) is 32.1 Å². The monoisotopic (exact) mass is 343 g/mol. The first kappa shape index (κ1) is 18.0. The summed E-state index contributed by atoms with van der Waals surface area (Å²) >= 11 is 0. The third-order valence-electron chi connectivity index (χ3n) is 4.34. The van der Waals surface area contributed by atoms with Crippen molar-refractivity contribution < 1.29 is 23.0 Å². The summed E-state index contributed by atoms with van der Waals surface area (Å²) in [5.41, 5.74) is 0. The fraction of sp³-hybridized carbons (Fsp3) is 0.625. The third-order valence-corrected chi connectivity index (χ3v) is 5.80. The number of benzene rings is 1. The Morgan fingerprint density at radius 3 is 2.52 bits per heavy atom. The van der Waals surface area contributed by atoms with Gasteiger partial charge >= 0.3 is 0 Å². The second-order valence-electron chi connectivity index (χ2n) is 5.83. The summed E-state index contributed by atoms with van der Waals surface area (Å²) in [7, 11) is -0.843. The number of nitrogens with one attached hydrogen (secondary N) is 1. The maximum Gasteiger partial charge on any atom is 0.244 e. The molecule has 0 aliphatic heterocycles. The van der Waals surface area contributed by atoms with E-state index in [1.807, 2.05) is 0 Å². The quantitative estimate of drug-likeness (QED) is 0.790. The molecule has 0 heterocycles. The molecule has 1 fully saturated rings. The number of rotatable bonds is 7. The van der Waals surface area contributed by atoms with Crippen molar-refractivity contribution >= 4 is 10.0 Å². The fourth-order valence-corrected chi connectivity index (χ4v) is 4.16. The molecule has 7 heteroatoms. The summed E-state index contributed by atoms with van der Waals surface area (Å²) in [5.74, 6) is 0.899. The Labute approximate surface area is 137 Å². The molecule has 0 saturated heterocycles. The van der Waals surface area contributed by atoms with Crippen LogP contribution in [0.5, 0.6) is 11.5 Å². The average molecular weight is 343 g/mol. The van der Waals surface area contributed by atoms with Crippen molar-refractivity contribution in [2.75, 3.05) is 20.8 Å². The Bertz CT molecular complexity index is 611. The van der Waals surface area contributed by atoms with E-state index in [2.05, 4.69) is 4.72 Å². The van der Waals surface area contributed by atoms with Crippen molar-refractivity contribution in [1.29, 1.82) is 0 Å². The number of aliphatic hydroxyl groups is 1. The first-order valence-electron chi connectivity index (χ1n) is 7.87. The molecule has 23 heavy (non-hydrogen) atoms. The molecule has 2 rings (SSSR count). The van der Waals surface area contributed by atoms with E-state index in [0.29, 0.717) is 5.75 Å². The van der Waals surface area contributed by atoms with Crippen molar-refractivity contribution in [3.63, 3.8) is 0 Å². The Hall–Kier alpha value is -1.31. The molecule has 6 nitrogen and oxygen atoms in total. The van der Waals surface area contributed by atoms with Crippen LogP contribution in [0.15, 0.2) is 23.1 Å². The van der Waals surface area contributed by atoms with E-state index in [1.165, 1.54) is 32.8 Å². The first-order valence-corrected chi connectivity index (χ1v) is 9.36. The van der Waals surface area contributed by atoms with Crippen molar-refractivity contribution in [1.82, 2.24) is 4.72 Å². The number of methoxy groups -OCH3 is 2. The van der Waals surface area contributed by atoms with E-state index < -0.39 is 16.1 Å². The zero-order chi connectivity index (χ0) is 16.9. The third kappa shape index (κ3) is 4.59. The molecule has 0 bridgehead atoms. The van der Waals surface area contributed by atoms with Crippen LogP contribution in [0.4, 0.5) is 0 Å². The number of hydrogen-bond donors (Lipinski definition) is 2. The molecule has 0 aromatic heterocycles. The number of ether oxygens (including phenoxy) is 2. The van der Waals surface area contributed by atoms with Crippen LogP contribution >= 0.6 is 0 Å². The van der Waals surface area contributed by atoms with Gasteiger partial charge in [0.15, 0.2) is 0 Å². The van der Waals surface area contributed by atoms with E-state index in [1.54, 1.807) is 6.07 Å². The minimum absolute atomic E-state index is 0.0161. The number of aliphatic hydroxyl groups excluding tert-OH is 1. The van der Waals surface area contributed by atoms with Gasteiger partial charge in [-0.2, -0.15) is 0 Å². The molecule has 1 saturated carbocycles. The predicted octanol–water partition coefficient (Wildman–Crippen LogP) is 1.92. The number of sulfonamides is 1. The fourth-order valence-electron chi connectivity index (χ4n) is 2.96. The zero-order valence-corrected chi connectivity index (χ0v) is 14.4. The molecule has 2 N–H and O–H groups in total. The SMILES string of the molecule is COc1ccc(S(=O)(=O)NCC(O)C2CCCCC2)c(OC)c1. The maximum absolute atomic E-state index is 12.5. The van der Waals surface area contributed by atoms with Crippen LogP contribution in [0.25, 0.3) is 0 Å². The molecule has 130 valence electrons. The van der Waals surface area contributed by atoms with Gasteiger partial charge < -0.3 is 14.6 Å². The average Bonchev–Trinajstić information content (AvgIpc) is 2.59. The van der Waals surface area contributed by atoms with Gasteiger partial charge in [0.1, 0.15) is 16.4 Å². The predicted molar refractivity (Wildman–Crippen MR) is 87.3 cm³/mol. The second-order valence-corrected chi connectivity index (χ2v) is 7.57. The molecule has 1 aliphatic carbocycles. The Morgan fingerprint density at radius 1 is 1.22 bits per heavy atom. The molecule has 1 unspecified atom stereocenters. The van der Waals surface area contributed by atoms with Gasteiger partial charge in [-0.05, 0) is 30.9 Å². The van der Waals surface area contributed by atoms with Crippen LogP contribution in [0.3, 0.4) is 0 Å². The number of hydrogen-bond acceptors (Lipinski definition) is 5. The van der Waals surface area contributed by atoms with Gasteiger partial charge in [-0.3, -0.25) is 0 Å². The van der Waals surface area contributed by atoms with E-state index >= 15 is 0 Å². The topological polar surface area (TPSA) is 84.9 Å². The lowest BCUT2D eigenvalue weighted by molar-refractivity contribution is 0.0888. The summed E-state index contributed by atoms with van der Waals surface area (Å²) in [5, 5.41) is 10.2. The Morgan fingerprint density at radius 2 is 1.91 bits per heavy atom. The van der Waals surface area contributed by atoms with E-state index in [0.717, 1.165) is 25.7 Å². The summed E-state index contributed by atoms with van der Waals surface area (Å²) in [4.78, 5) is 0.0386. The van der Waals surface area contributed by atoms with Crippen molar-refractivity contribution in [3.8, 4) is 11.5 Å². The summed E-state index contributed by atoms with van der Waals surface area (Å²) < 4.78 is 37.6. The molecule has 1 aliphatic rings. The molecule has 0 spiro atoms. The maximum atomic E-state index is 12.5. The van der Waals surface area contributed by atoms with Crippen LogP contribution in [0.2, 0.25) is 0 Å². The van der Waals surface area contributed by atoms with Gasteiger partial charge in [-0.25, -0.2) is 13.1 Å². The van der Waals surface area contributed by atoms with Crippen LogP contribution in [0, 0.1) is 5.92 Å². The first-order chi connectivity index (χ1) is 11.0. The van der Waals surface area contributed by atoms with Gasteiger partial charge in [0, 0.05) is 12.6 Å². The minimum atomic E-state index is -3.75. The van der Waals surface area contributed by atoms with Crippen molar-refractivity contribution in [2.24, 2.45) is 5.92 Å². The second kappa shape index (κ2) is 7.99. The Balaban J connectivity index is 2.06. The molecule has 1 aromatic rings. The molecular formula is C16H25NO5S. The zero-order valence-electron chi connectivity index (χ0n) is 13.6. The Kier molecular flexibility index (Phi) is 6.26. The van der Waals surface area contributed by atoms with Gasteiger partial charge in [0.05, 0.1) is 20.3 Å². The standard InChI is InChI=1S/C16H25NO5S/c1-21-13-8-9-16(15(10-13)22-2)23(19,20)17-11-14(18)12-6-4-3-5-7-12/h8-10,12,14,17-18H,3-7,11H2,1-2H3. The summed E-state index contributed by atoms with van der Waals surface area (Å²) in [6.45, 7) is 0.0161. The summed E-state index contributed by atoms with van der Waals surface area (Å²) in [6.07, 6.45) is 4.64. The van der Waals surface area contributed by atoms with Crippen molar-refractivity contribution in [2.45, 2.75) is 43.1 Å². The largest absolute Gasteiger partial charge is 0.497 e. The lowest BCUT2D eigenvalue weighted by Gasteiger charge is -2.26. The van der Waals surface area contributed by atoms with Crippen LogP contribution in [-0.4, -0.2) is 40.4 Å².